The highest BCUT2D eigenvalue weighted by Gasteiger charge is 2.18. The summed E-state index contributed by atoms with van der Waals surface area (Å²) in [4.78, 5) is 46.7. The molecule has 1 aromatic rings. The van der Waals surface area contributed by atoms with E-state index < -0.39 is 22.8 Å². The van der Waals surface area contributed by atoms with E-state index in [9.17, 15) is 19.2 Å². The Morgan fingerprint density at radius 2 is 1.09 bits per heavy atom. The van der Waals surface area contributed by atoms with Gasteiger partial charge in [-0.3, -0.25) is 19.2 Å². The van der Waals surface area contributed by atoms with Gasteiger partial charge in [-0.15, -0.1) is 0 Å². The van der Waals surface area contributed by atoms with Gasteiger partial charge in [0.15, 0.2) is 0 Å². The molecule has 188 valence electrons. The molecule has 33 heavy (non-hydrogen) atoms. The molecule has 4 N–H and O–H groups in total. The number of unbranched alkanes of at least 4 members (excludes halogenated alkanes) is 8. The molecule has 0 aromatic heterocycles. The SMILES string of the molecule is CNc1c(NCCCN(CCCCCCCC(=O)O)CCCCCCCC(=O)O)c(=O)c1=O. The molecular formula is C24H41N3O6. The Balaban J connectivity index is 2.29. The number of hydrogen-bond acceptors (Lipinski definition) is 7. The number of rotatable bonds is 22. The van der Waals surface area contributed by atoms with Crippen molar-refractivity contribution in [1.82, 2.24) is 4.90 Å². The van der Waals surface area contributed by atoms with Crippen LogP contribution in [0.25, 0.3) is 0 Å². The van der Waals surface area contributed by atoms with Crippen LogP contribution in [0.15, 0.2) is 9.59 Å². The number of anilines is 2. The molecule has 0 atom stereocenters. The molecule has 0 spiro atoms. The monoisotopic (exact) mass is 467 g/mol. The van der Waals surface area contributed by atoms with E-state index in [4.69, 9.17) is 10.2 Å². The predicted molar refractivity (Wildman–Crippen MR) is 131 cm³/mol. The highest BCUT2D eigenvalue weighted by molar-refractivity contribution is 5.73. The van der Waals surface area contributed by atoms with Gasteiger partial charge in [0, 0.05) is 26.4 Å². The van der Waals surface area contributed by atoms with Crippen molar-refractivity contribution in [3.8, 4) is 0 Å². The summed E-state index contributed by atoms with van der Waals surface area (Å²) in [6.07, 6.45) is 11.1. The zero-order valence-corrected chi connectivity index (χ0v) is 20.0. The van der Waals surface area contributed by atoms with E-state index >= 15 is 0 Å². The number of nitrogens with one attached hydrogen (secondary N) is 2. The molecule has 0 fully saturated rings. The summed E-state index contributed by atoms with van der Waals surface area (Å²) in [5.74, 6) is -1.47. The van der Waals surface area contributed by atoms with Gasteiger partial charge in [-0.25, -0.2) is 0 Å². The first-order chi connectivity index (χ1) is 15.9. The van der Waals surface area contributed by atoms with Gasteiger partial charge in [0.2, 0.25) is 0 Å². The number of carbonyl (C=O) groups is 2. The van der Waals surface area contributed by atoms with Crippen LogP contribution in [0.3, 0.4) is 0 Å². The van der Waals surface area contributed by atoms with Gasteiger partial charge in [0.1, 0.15) is 11.4 Å². The van der Waals surface area contributed by atoms with Crippen molar-refractivity contribution in [3.63, 3.8) is 0 Å². The first kappa shape index (κ1) is 28.6. The quantitative estimate of drug-likeness (QED) is 0.150. The van der Waals surface area contributed by atoms with Crippen molar-refractivity contribution in [1.29, 1.82) is 0 Å². The molecule has 0 radical (unpaired) electrons. The highest BCUT2D eigenvalue weighted by Crippen LogP contribution is 2.13. The minimum absolute atomic E-state index is 0.241. The van der Waals surface area contributed by atoms with Crippen LogP contribution in [-0.4, -0.2) is 60.3 Å². The summed E-state index contributed by atoms with van der Waals surface area (Å²) in [6, 6.07) is 0. The molecule has 0 saturated heterocycles. The van der Waals surface area contributed by atoms with Gasteiger partial charge < -0.3 is 25.7 Å². The number of aliphatic carboxylic acids is 2. The predicted octanol–water partition coefficient (Wildman–Crippen LogP) is 3.28. The molecule has 0 heterocycles. The van der Waals surface area contributed by atoms with Gasteiger partial charge in [0.05, 0.1) is 0 Å². The smallest absolute Gasteiger partial charge is 0.303 e. The highest BCUT2D eigenvalue weighted by atomic mass is 16.4. The molecule has 0 aliphatic carbocycles. The maximum Gasteiger partial charge on any atom is 0.303 e. The molecule has 0 aliphatic rings. The van der Waals surface area contributed by atoms with E-state index in [1.807, 2.05) is 0 Å². The Kier molecular flexibility index (Phi) is 14.8. The largest absolute Gasteiger partial charge is 0.481 e. The van der Waals surface area contributed by atoms with E-state index in [0.717, 1.165) is 90.3 Å². The van der Waals surface area contributed by atoms with Crippen molar-refractivity contribution in [2.75, 3.05) is 43.9 Å². The standard InChI is InChI=1S/C24H41N3O6/c1-25-21-22(24(33)23(21)32)26-15-12-18-27(16-10-6-2-4-8-13-19(28)29)17-11-7-3-5-9-14-20(30)31/h25-26H,2-18H2,1H3,(H,28,29)(H,30,31). The Morgan fingerprint density at radius 3 is 1.58 bits per heavy atom. The van der Waals surface area contributed by atoms with Crippen LogP contribution in [-0.2, 0) is 9.59 Å². The number of carboxylic acids is 2. The Hall–Kier alpha value is -2.42. The number of hydrogen-bond donors (Lipinski definition) is 4. The van der Waals surface area contributed by atoms with Gasteiger partial charge in [-0.05, 0) is 51.7 Å². The zero-order valence-electron chi connectivity index (χ0n) is 20.0. The average molecular weight is 468 g/mol. The molecule has 9 nitrogen and oxygen atoms in total. The van der Waals surface area contributed by atoms with E-state index in [0.29, 0.717) is 17.9 Å². The summed E-state index contributed by atoms with van der Waals surface area (Å²) in [6.45, 7) is 3.50. The molecule has 1 aromatic carbocycles. The summed E-state index contributed by atoms with van der Waals surface area (Å²) in [7, 11) is 1.63. The topological polar surface area (TPSA) is 136 Å². The van der Waals surface area contributed by atoms with Crippen LogP contribution in [0.4, 0.5) is 11.4 Å². The van der Waals surface area contributed by atoms with E-state index in [1.165, 1.54) is 0 Å². The Labute approximate surface area is 196 Å². The average Bonchev–Trinajstić information content (AvgIpc) is 2.78. The third-order valence-corrected chi connectivity index (χ3v) is 5.84. The fourth-order valence-electron chi connectivity index (χ4n) is 3.93. The van der Waals surface area contributed by atoms with Crippen LogP contribution in [0.2, 0.25) is 0 Å². The number of carboxylic acid groups (broad SMARTS) is 2. The third-order valence-electron chi connectivity index (χ3n) is 5.84. The summed E-state index contributed by atoms with van der Waals surface area (Å²) >= 11 is 0. The van der Waals surface area contributed by atoms with Crippen LogP contribution in [0.1, 0.15) is 83.5 Å². The molecule has 0 amide bonds. The maximum atomic E-state index is 11.6. The van der Waals surface area contributed by atoms with E-state index in [-0.39, 0.29) is 12.8 Å². The molecule has 0 bridgehead atoms. The normalized spacial score (nSPS) is 11.2. The van der Waals surface area contributed by atoms with Crippen molar-refractivity contribution in [2.45, 2.75) is 83.5 Å². The summed E-state index contributed by atoms with van der Waals surface area (Å²) in [5, 5.41) is 23.2. The van der Waals surface area contributed by atoms with Crippen molar-refractivity contribution < 1.29 is 19.8 Å². The Bertz CT molecular complexity index is 745. The Morgan fingerprint density at radius 1 is 0.667 bits per heavy atom. The lowest BCUT2D eigenvalue weighted by atomic mass is 10.1. The van der Waals surface area contributed by atoms with Crippen molar-refractivity contribution in [2.24, 2.45) is 0 Å². The molecule has 0 aliphatic heterocycles. The second-order valence-electron chi connectivity index (χ2n) is 8.60. The second-order valence-corrected chi connectivity index (χ2v) is 8.60. The van der Waals surface area contributed by atoms with Gasteiger partial charge >= 0.3 is 11.9 Å². The number of nitrogens with zero attached hydrogens (tertiary/aromatic N) is 1. The van der Waals surface area contributed by atoms with Gasteiger partial charge in [-0.2, -0.15) is 0 Å². The van der Waals surface area contributed by atoms with E-state index in [2.05, 4.69) is 15.5 Å². The van der Waals surface area contributed by atoms with Crippen molar-refractivity contribution in [3.05, 3.63) is 20.4 Å². The van der Waals surface area contributed by atoms with Crippen LogP contribution in [0.5, 0.6) is 0 Å². The first-order valence-corrected chi connectivity index (χ1v) is 12.3. The minimum atomic E-state index is -0.733. The molecule has 1 rings (SSSR count). The lowest BCUT2D eigenvalue weighted by molar-refractivity contribution is -0.138. The molecule has 0 unspecified atom stereocenters. The fraction of sp³-hybridized carbons (Fsp3) is 0.750. The minimum Gasteiger partial charge on any atom is -0.481 e. The zero-order chi connectivity index (χ0) is 24.5. The molecular weight excluding hydrogens is 426 g/mol. The van der Waals surface area contributed by atoms with Gasteiger partial charge in [0.25, 0.3) is 10.9 Å². The summed E-state index contributed by atoms with van der Waals surface area (Å²) in [5.41, 5.74) is -0.172. The maximum absolute atomic E-state index is 11.6. The van der Waals surface area contributed by atoms with Crippen LogP contribution >= 0.6 is 0 Å². The lowest BCUT2D eigenvalue weighted by Gasteiger charge is -2.23. The van der Waals surface area contributed by atoms with Crippen LogP contribution < -0.4 is 21.5 Å². The lowest BCUT2D eigenvalue weighted by Crippen LogP contribution is -2.37. The van der Waals surface area contributed by atoms with Gasteiger partial charge in [-0.1, -0.05) is 38.5 Å². The fourth-order valence-corrected chi connectivity index (χ4v) is 3.93. The van der Waals surface area contributed by atoms with Crippen LogP contribution in [0, 0.1) is 0 Å². The second kappa shape index (κ2) is 17.1. The third kappa shape index (κ3) is 12.4. The van der Waals surface area contributed by atoms with Crippen molar-refractivity contribution >= 4 is 23.3 Å². The first-order valence-electron chi connectivity index (χ1n) is 12.3. The molecule has 0 saturated carbocycles. The summed E-state index contributed by atoms with van der Waals surface area (Å²) < 4.78 is 0. The molecule has 9 heteroatoms. The van der Waals surface area contributed by atoms with E-state index in [1.54, 1.807) is 7.05 Å².